The van der Waals surface area contributed by atoms with Gasteiger partial charge in [0.25, 0.3) is 5.69 Å². The number of nitrogen functional groups attached to an aromatic ring is 2. The molecular weight excluding hydrogens is 382 g/mol. The number of anilines is 2. The molecule has 30 heavy (non-hydrogen) atoms. The van der Waals surface area contributed by atoms with Gasteiger partial charge >= 0.3 is 0 Å². The summed E-state index contributed by atoms with van der Waals surface area (Å²) >= 11 is 0. The van der Waals surface area contributed by atoms with Gasteiger partial charge in [-0.2, -0.15) is 4.98 Å². The minimum atomic E-state index is -0.456. The van der Waals surface area contributed by atoms with Gasteiger partial charge in [-0.1, -0.05) is 42.5 Å². The first-order valence-electron chi connectivity index (χ1n) is 9.02. The fourth-order valence-corrected chi connectivity index (χ4v) is 3.05. The van der Waals surface area contributed by atoms with Gasteiger partial charge in [-0.05, 0) is 29.8 Å². The predicted octanol–water partition coefficient (Wildman–Crippen LogP) is 4.68. The van der Waals surface area contributed by atoms with Gasteiger partial charge < -0.3 is 16.2 Å². The third-order valence-electron chi connectivity index (χ3n) is 4.43. The molecule has 0 amide bonds. The van der Waals surface area contributed by atoms with E-state index in [4.69, 9.17) is 16.2 Å². The lowest BCUT2D eigenvalue weighted by Gasteiger charge is -2.13. The van der Waals surface area contributed by atoms with Crippen LogP contribution in [0.3, 0.4) is 0 Å². The normalized spacial score (nSPS) is 10.5. The number of nitrogens with zero attached hydrogens (tertiary/aromatic N) is 3. The van der Waals surface area contributed by atoms with Gasteiger partial charge in [-0.3, -0.25) is 10.1 Å². The fraction of sp³-hybridized carbons (Fsp3) is 0. The average Bonchev–Trinajstić information content (AvgIpc) is 2.75. The molecule has 0 atom stereocenters. The number of benzene rings is 3. The van der Waals surface area contributed by atoms with Crippen molar-refractivity contribution < 1.29 is 9.66 Å². The highest BCUT2D eigenvalue weighted by molar-refractivity contribution is 5.88. The van der Waals surface area contributed by atoms with Crippen LogP contribution in [0.5, 0.6) is 11.5 Å². The number of rotatable bonds is 5. The molecule has 0 saturated heterocycles. The Balaban J connectivity index is 1.65. The first-order chi connectivity index (χ1) is 14.5. The highest BCUT2D eigenvalue weighted by Gasteiger charge is 2.15. The summed E-state index contributed by atoms with van der Waals surface area (Å²) in [7, 11) is 0. The van der Waals surface area contributed by atoms with Crippen molar-refractivity contribution in [2.75, 3.05) is 11.5 Å². The van der Waals surface area contributed by atoms with Crippen molar-refractivity contribution in [2.24, 2.45) is 0 Å². The predicted molar refractivity (Wildman–Crippen MR) is 115 cm³/mol. The lowest BCUT2D eigenvalue weighted by molar-refractivity contribution is -0.384. The van der Waals surface area contributed by atoms with Crippen LogP contribution in [0.4, 0.5) is 17.5 Å². The Hall–Kier alpha value is -4.46. The highest BCUT2D eigenvalue weighted by Crippen LogP contribution is 2.36. The molecule has 0 spiro atoms. The van der Waals surface area contributed by atoms with Crippen LogP contribution in [0.15, 0.2) is 78.9 Å². The summed E-state index contributed by atoms with van der Waals surface area (Å²) in [6.07, 6.45) is 0. The first-order valence-corrected chi connectivity index (χ1v) is 9.02. The minimum Gasteiger partial charge on any atom is -0.457 e. The molecule has 1 heterocycles. The van der Waals surface area contributed by atoms with Crippen molar-refractivity contribution >= 4 is 17.5 Å². The molecule has 0 bridgehead atoms. The van der Waals surface area contributed by atoms with E-state index in [1.807, 2.05) is 42.5 Å². The van der Waals surface area contributed by atoms with Crippen LogP contribution >= 0.6 is 0 Å². The summed E-state index contributed by atoms with van der Waals surface area (Å²) < 4.78 is 5.76. The molecule has 0 radical (unpaired) electrons. The molecule has 8 heteroatoms. The maximum Gasteiger partial charge on any atom is 0.269 e. The number of ether oxygens (including phenoxy) is 1. The van der Waals surface area contributed by atoms with Gasteiger partial charge in [0.2, 0.25) is 5.95 Å². The fourth-order valence-electron chi connectivity index (χ4n) is 3.05. The molecule has 1 aromatic heterocycles. The van der Waals surface area contributed by atoms with E-state index in [1.165, 1.54) is 12.1 Å². The van der Waals surface area contributed by atoms with Crippen molar-refractivity contribution in [1.82, 2.24) is 9.97 Å². The van der Waals surface area contributed by atoms with Crippen LogP contribution in [-0.2, 0) is 0 Å². The molecule has 0 saturated carbocycles. The SMILES string of the molecule is Nc1nc(N)c(-c2ccc(Oc3ccc([N+](=O)[O-])cc3)cc2)c(-c2ccccc2)n1. The topological polar surface area (TPSA) is 130 Å². The molecule has 4 N–H and O–H groups in total. The van der Waals surface area contributed by atoms with E-state index < -0.39 is 4.92 Å². The molecule has 0 unspecified atom stereocenters. The van der Waals surface area contributed by atoms with E-state index in [0.29, 0.717) is 22.8 Å². The number of non-ortho nitro benzene ring substituents is 1. The van der Waals surface area contributed by atoms with Gasteiger partial charge in [0, 0.05) is 17.7 Å². The summed E-state index contributed by atoms with van der Waals surface area (Å²) in [5.74, 6) is 1.45. The number of nitro groups is 1. The molecular formula is C22H17N5O3. The second-order valence-electron chi connectivity index (χ2n) is 6.43. The summed E-state index contributed by atoms with van der Waals surface area (Å²) in [6, 6.07) is 22.7. The summed E-state index contributed by atoms with van der Waals surface area (Å²) in [4.78, 5) is 18.8. The number of nitro benzene ring substituents is 1. The molecule has 3 aromatic carbocycles. The van der Waals surface area contributed by atoms with Crippen LogP contribution in [0.25, 0.3) is 22.4 Å². The maximum atomic E-state index is 10.8. The smallest absolute Gasteiger partial charge is 0.269 e. The quantitative estimate of drug-likeness (QED) is 0.368. The summed E-state index contributed by atoms with van der Waals surface area (Å²) in [6.45, 7) is 0. The standard InChI is InChI=1S/C22H17N5O3/c23-21-19(20(25-22(24)26-21)15-4-2-1-3-5-15)14-6-10-17(11-7-14)30-18-12-8-16(9-13-18)27(28)29/h1-13H,(H4,23,24,25,26). The third-order valence-corrected chi connectivity index (χ3v) is 4.43. The zero-order valence-electron chi connectivity index (χ0n) is 15.7. The monoisotopic (exact) mass is 399 g/mol. The average molecular weight is 399 g/mol. The number of nitrogens with two attached hydrogens (primary N) is 2. The Labute approximate surface area is 171 Å². The van der Waals surface area contributed by atoms with E-state index in [1.54, 1.807) is 24.3 Å². The number of hydrogen-bond donors (Lipinski definition) is 2. The first kappa shape index (κ1) is 18.9. The van der Waals surface area contributed by atoms with E-state index in [2.05, 4.69) is 9.97 Å². The van der Waals surface area contributed by atoms with Crippen LogP contribution in [-0.4, -0.2) is 14.9 Å². The zero-order valence-corrected chi connectivity index (χ0v) is 15.7. The molecule has 0 fully saturated rings. The summed E-state index contributed by atoms with van der Waals surface area (Å²) in [5.41, 5.74) is 15.0. The van der Waals surface area contributed by atoms with Crippen molar-refractivity contribution in [3.63, 3.8) is 0 Å². The van der Waals surface area contributed by atoms with Crippen LogP contribution < -0.4 is 16.2 Å². The van der Waals surface area contributed by atoms with Crippen molar-refractivity contribution in [1.29, 1.82) is 0 Å². The van der Waals surface area contributed by atoms with Gasteiger partial charge in [-0.25, -0.2) is 4.98 Å². The third kappa shape index (κ3) is 3.88. The van der Waals surface area contributed by atoms with Gasteiger partial charge in [-0.15, -0.1) is 0 Å². The second-order valence-corrected chi connectivity index (χ2v) is 6.43. The minimum absolute atomic E-state index is 0.00460. The Morgan fingerprint density at radius 2 is 1.37 bits per heavy atom. The van der Waals surface area contributed by atoms with Gasteiger partial charge in [0.05, 0.1) is 16.2 Å². The summed E-state index contributed by atoms with van der Waals surface area (Å²) in [5, 5.41) is 10.8. The molecule has 4 rings (SSSR count). The Bertz CT molecular complexity index is 1190. The highest BCUT2D eigenvalue weighted by atomic mass is 16.6. The van der Waals surface area contributed by atoms with Crippen molar-refractivity contribution in [3.8, 4) is 33.9 Å². The lowest BCUT2D eigenvalue weighted by Crippen LogP contribution is -2.04. The number of hydrogen-bond acceptors (Lipinski definition) is 7. The zero-order chi connectivity index (χ0) is 21.1. The van der Waals surface area contributed by atoms with E-state index in [-0.39, 0.29) is 17.5 Å². The van der Waals surface area contributed by atoms with Crippen LogP contribution in [0.1, 0.15) is 0 Å². The molecule has 0 aliphatic heterocycles. The number of aromatic nitrogens is 2. The van der Waals surface area contributed by atoms with Gasteiger partial charge in [0.15, 0.2) is 0 Å². The molecule has 0 aliphatic rings. The Morgan fingerprint density at radius 1 is 0.767 bits per heavy atom. The van der Waals surface area contributed by atoms with Crippen molar-refractivity contribution in [3.05, 3.63) is 89.0 Å². The molecule has 4 aromatic rings. The molecule has 8 nitrogen and oxygen atoms in total. The molecule has 148 valence electrons. The Morgan fingerprint density at radius 3 is 1.97 bits per heavy atom. The second kappa shape index (κ2) is 7.88. The maximum absolute atomic E-state index is 10.8. The molecule has 0 aliphatic carbocycles. The van der Waals surface area contributed by atoms with E-state index >= 15 is 0 Å². The van der Waals surface area contributed by atoms with E-state index in [9.17, 15) is 10.1 Å². The van der Waals surface area contributed by atoms with E-state index in [0.717, 1.165) is 11.1 Å². The van der Waals surface area contributed by atoms with Crippen LogP contribution in [0, 0.1) is 10.1 Å². The largest absolute Gasteiger partial charge is 0.457 e. The Kier molecular flexibility index (Phi) is 4.96. The van der Waals surface area contributed by atoms with Crippen LogP contribution in [0.2, 0.25) is 0 Å². The van der Waals surface area contributed by atoms with Gasteiger partial charge in [0.1, 0.15) is 17.3 Å². The van der Waals surface area contributed by atoms with Crippen molar-refractivity contribution in [2.45, 2.75) is 0 Å². The lowest BCUT2D eigenvalue weighted by atomic mass is 9.99.